The molecular weight excluding hydrogens is 246 g/mol. The first-order valence-corrected chi connectivity index (χ1v) is 7.38. The van der Waals surface area contributed by atoms with Gasteiger partial charge in [-0.3, -0.25) is 4.90 Å². The van der Waals surface area contributed by atoms with Crippen LogP contribution in [0.5, 0.6) is 0 Å². The maximum absolute atomic E-state index is 5.95. The smallest absolute Gasteiger partial charge is 0.0458 e. The third kappa shape index (κ3) is 4.36. The van der Waals surface area contributed by atoms with Gasteiger partial charge in [-0.2, -0.15) is 0 Å². The molecule has 20 heavy (non-hydrogen) atoms. The summed E-state index contributed by atoms with van der Waals surface area (Å²) in [7, 11) is 0. The van der Waals surface area contributed by atoms with E-state index in [1.54, 1.807) is 6.20 Å². The highest BCUT2D eigenvalue weighted by molar-refractivity contribution is 5.25. The third-order valence-corrected chi connectivity index (χ3v) is 4.26. The van der Waals surface area contributed by atoms with Crippen LogP contribution in [0.4, 0.5) is 0 Å². The Morgan fingerprint density at radius 1 is 1.35 bits per heavy atom. The number of rotatable bonds is 9. The maximum atomic E-state index is 5.95. The summed E-state index contributed by atoms with van der Waals surface area (Å²) >= 11 is 0. The molecule has 0 heterocycles. The SMILES string of the molecule is C=CNCCCN(CN)C(C)C(C)(C)c1ccccc1. The van der Waals surface area contributed by atoms with Crippen LogP contribution in [0.3, 0.4) is 0 Å². The molecule has 112 valence electrons. The first-order valence-electron chi connectivity index (χ1n) is 7.38. The number of hydrogen-bond acceptors (Lipinski definition) is 3. The van der Waals surface area contributed by atoms with Gasteiger partial charge >= 0.3 is 0 Å². The molecular formula is C17H29N3. The lowest BCUT2D eigenvalue weighted by molar-refractivity contribution is 0.148. The predicted molar refractivity (Wildman–Crippen MR) is 87.5 cm³/mol. The Morgan fingerprint density at radius 2 is 2.00 bits per heavy atom. The molecule has 0 amide bonds. The van der Waals surface area contributed by atoms with Gasteiger partial charge in [0.05, 0.1) is 0 Å². The lowest BCUT2D eigenvalue weighted by Crippen LogP contribution is -2.48. The van der Waals surface area contributed by atoms with Crippen LogP contribution < -0.4 is 11.1 Å². The van der Waals surface area contributed by atoms with Gasteiger partial charge in [-0.25, -0.2) is 0 Å². The summed E-state index contributed by atoms with van der Waals surface area (Å²) < 4.78 is 0. The van der Waals surface area contributed by atoms with Crippen molar-refractivity contribution >= 4 is 0 Å². The van der Waals surface area contributed by atoms with E-state index < -0.39 is 0 Å². The van der Waals surface area contributed by atoms with Crippen molar-refractivity contribution in [2.45, 2.75) is 38.6 Å². The second-order valence-electron chi connectivity index (χ2n) is 5.77. The Labute approximate surface area is 123 Å². The molecule has 0 fully saturated rings. The number of benzene rings is 1. The zero-order valence-electron chi connectivity index (χ0n) is 13.1. The summed E-state index contributed by atoms with van der Waals surface area (Å²) in [6.45, 7) is 13.0. The summed E-state index contributed by atoms with van der Waals surface area (Å²) in [5, 5.41) is 3.13. The number of nitrogens with zero attached hydrogens (tertiary/aromatic N) is 1. The molecule has 0 saturated carbocycles. The Kier molecular flexibility index (Phi) is 6.76. The molecule has 0 saturated heterocycles. The molecule has 1 aromatic carbocycles. The van der Waals surface area contributed by atoms with Gasteiger partial charge in [0.2, 0.25) is 0 Å². The van der Waals surface area contributed by atoms with Gasteiger partial charge in [0.15, 0.2) is 0 Å². The van der Waals surface area contributed by atoms with Gasteiger partial charge in [0.25, 0.3) is 0 Å². The van der Waals surface area contributed by atoms with Crippen molar-refractivity contribution in [3.63, 3.8) is 0 Å². The zero-order valence-corrected chi connectivity index (χ0v) is 13.1. The molecule has 1 atom stereocenters. The van der Waals surface area contributed by atoms with E-state index in [1.807, 2.05) is 0 Å². The van der Waals surface area contributed by atoms with Gasteiger partial charge in [-0.05, 0) is 25.1 Å². The van der Waals surface area contributed by atoms with Crippen molar-refractivity contribution in [1.29, 1.82) is 0 Å². The summed E-state index contributed by atoms with van der Waals surface area (Å²) in [4.78, 5) is 2.35. The second kappa shape index (κ2) is 8.08. The molecule has 3 nitrogen and oxygen atoms in total. The molecule has 0 aliphatic carbocycles. The number of nitrogens with one attached hydrogen (secondary N) is 1. The average molecular weight is 275 g/mol. The third-order valence-electron chi connectivity index (χ3n) is 4.26. The average Bonchev–Trinajstić information content (AvgIpc) is 2.47. The fraction of sp³-hybridized carbons (Fsp3) is 0.529. The first kappa shape index (κ1) is 16.7. The van der Waals surface area contributed by atoms with Crippen molar-refractivity contribution in [3.05, 3.63) is 48.7 Å². The summed E-state index contributed by atoms with van der Waals surface area (Å²) in [6, 6.07) is 11.1. The normalized spacial score (nSPS) is 13.2. The zero-order chi connectivity index (χ0) is 15.0. The van der Waals surface area contributed by atoms with E-state index in [9.17, 15) is 0 Å². The van der Waals surface area contributed by atoms with Crippen molar-refractivity contribution < 1.29 is 0 Å². The highest BCUT2D eigenvalue weighted by Gasteiger charge is 2.31. The highest BCUT2D eigenvalue weighted by atomic mass is 15.2. The van der Waals surface area contributed by atoms with Gasteiger partial charge in [0, 0.05) is 31.2 Å². The molecule has 1 rings (SSSR count). The minimum absolute atomic E-state index is 0.0759. The van der Waals surface area contributed by atoms with Crippen LogP contribution >= 0.6 is 0 Å². The molecule has 3 heteroatoms. The van der Waals surface area contributed by atoms with E-state index in [4.69, 9.17) is 5.73 Å². The van der Waals surface area contributed by atoms with Gasteiger partial charge in [-0.1, -0.05) is 50.8 Å². The van der Waals surface area contributed by atoms with Crippen LogP contribution in [0.25, 0.3) is 0 Å². The fourth-order valence-electron chi connectivity index (χ4n) is 2.49. The van der Waals surface area contributed by atoms with Crippen molar-refractivity contribution in [2.75, 3.05) is 19.8 Å². The molecule has 0 aliphatic rings. The summed E-state index contributed by atoms with van der Waals surface area (Å²) in [5.74, 6) is 0. The topological polar surface area (TPSA) is 41.3 Å². The Hall–Kier alpha value is -1.32. The lowest BCUT2D eigenvalue weighted by Gasteiger charge is -2.40. The number of nitrogens with two attached hydrogens (primary N) is 1. The molecule has 0 aromatic heterocycles. The highest BCUT2D eigenvalue weighted by Crippen LogP contribution is 2.29. The van der Waals surface area contributed by atoms with Crippen molar-refractivity contribution in [1.82, 2.24) is 10.2 Å². The Morgan fingerprint density at radius 3 is 2.55 bits per heavy atom. The standard InChI is InChI=1S/C17H29N3/c1-5-19-12-9-13-20(14-18)15(2)17(3,4)16-10-7-6-8-11-16/h5-8,10-11,15,19H,1,9,12-14,18H2,2-4H3. The molecule has 0 spiro atoms. The lowest BCUT2D eigenvalue weighted by atomic mass is 9.78. The summed E-state index contributed by atoms with van der Waals surface area (Å²) in [5.41, 5.74) is 7.38. The fourth-order valence-corrected chi connectivity index (χ4v) is 2.49. The Bertz CT molecular complexity index is 386. The van der Waals surface area contributed by atoms with Crippen LogP contribution in [0.2, 0.25) is 0 Å². The quantitative estimate of drug-likeness (QED) is 0.538. The van der Waals surface area contributed by atoms with E-state index in [0.717, 1.165) is 19.5 Å². The second-order valence-corrected chi connectivity index (χ2v) is 5.77. The van der Waals surface area contributed by atoms with Gasteiger partial charge in [0.1, 0.15) is 0 Å². The van der Waals surface area contributed by atoms with E-state index in [-0.39, 0.29) is 5.41 Å². The maximum Gasteiger partial charge on any atom is 0.0458 e. The van der Waals surface area contributed by atoms with Crippen LogP contribution in [0, 0.1) is 0 Å². The first-order chi connectivity index (χ1) is 9.54. The van der Waals surface area contributed by atoms with E-state index in [0.29, 0.717) is 12.7 Å². The monoisotopic (exact) mass is 275 g/mol. The van der Waals surface area contributed by atoms with E-state index >= 15 is 0 Å². The van der Waals surface area contributed by atoms with Crippen LogP contribution in [0.1, 0.15) is 32.8 Å². The summed E-state index contributed by atoms with van der Waals surface area (Å²) in [6.07, 6.45) is 2.81. The minimum atomic E-state index is 0.0759. The molecule has 1 aromatic rings. The van der Waals surface area contributed by atoms with Crippen LogP contribution in [-0.4, -0.2) is 30.7 Å². The molecule has 0 aliphatic heterocycles. The van der Waals surface area contributed by atoms with Gasteiger partial charge < -0.3 is 11.1 Å². The van der Waals surface area contributed by atoms with Gasteiger partial charge in [-0.15, -0.1) is 0 Å². The van der Waals surface area contributed by atoms with Crippen LogP contribution in [-0.2, 0) is 5.41 Å². The molecule has 0 radical (unpaired) electrons. The van der Waals surface area contributed by atoms with Crippen molar-refractivity contribution in [3.8, 4) is 0 Å². The van der Waals surface area contributed by atoms with Crippen LogP contribution in [0.15, 0.2) is 43.1 Å². The minimum Gasteiger partial charge on any atom is -0.391 e. The largest absolute Gasteiger partial charge is 0.391 e. The predicted octanol–water partition coefficient (Wildman–Crippen LogP) is 2.69. The number of hydrogen-bond donors (Lipinski definition) is 2. The van der Waals surface area contributed by atoms with E-state index in [1.165, 1.54) is 5.56 Å². The Balaban J connectivity index is 2.69. The van der Waals surface area contributed by atoms with Crippen molar-refractivity contribution in [2.24, 2.45) is 5.73 Å². The van der Waals surface area contributed by atoms with E-state index in [2.05, 4.69) is 67.9 Å². The molecule has 3 N–H and O–H groups in total. The molecule has 0 bridgehead atoms. The molecule has 1 unspecified atom stereocenters.